The molecule has 0 saturated carbocycles. The van der Waals surface area contributed by atoms with Gasteiger partial charge in [0.1, 0.15) is 11.5 Å². The molecule has 0 radical (unpaired) electrons. The molecule has 0 saturated heterocycles. The highest BCUT2D eigenvalue weighted by atomic mass is 16.5. The van der Waals surface area contributed by atoms with Gasteiger partial charge in [-0.25, -0.2) is 0 Å². The molecule has 1 aliphatic carbocycles. The zero-order chi connectivity index (χ0) is 41.9. The highest BCUT2D eigenvalue weighted by Gasteiger charge is 2.18. The number of aryl methyl sites for hydroxylation is 1. The van der Waals surface area contributed by atoms with E-state index < -0.39 is 0 Å². The Labute approximate surface area is 358 Å². The Bertz CT molecular complexity index is 2600. The van der Waals surface area contributed by atoms with E-state index in [0.29, 0.717) is 5.76 Å². The minimum atomic E-state index is 0.183. The SMILES string of the molecule is C=C(/C=C\C=C/C)C(NC)c1ccccc1.C=C1/C=C\C=C/CCc2cc3ccccc3cc2-c2cc(C3=C/C=C(C)\C=C/C=C/C=C/C=C\3)ccc2-c2ccccc2O1. The van der Waals surface area contributed by atoms with E-state index >= 15 is 0 Å². The van der Waals surface area contributed by atoms with Gasteiger partial charge in [-0.3, -0.25) is 0 Å². The third kappa shape index (κ3) is 11.8. The van der Waals surface area contributed by atoms with E-state index in [2.05, 4.69) is 165 Å². The maximum atomic E-state index is 6.33. The number of nitrogens with one attached hydrogen (secondary N) is 1. The number of fused-ring (bicyclic) bond motifs is 6. The first-order valence-electron chi connectivity index (χ1n) is 20.7. The summed E-state index contributed by atoms with van der Waals surface area (Å²) < 4.78 is 6.33. The van der Waals surface area contributed by atoms with Gasteiger partial charge in [0.05, 0.1) is 6.04 Å². The molecule has 0 fully saturated rings. The number of hydrogen-bond donors (Lipinski definition) is 1. The third-order valence-electron chi connectivity index (χ3n) is 10.3. The van der Waals surface area contributed by atoms with Crippen molar-refractivity contribution in [2.75, 3.05) is 7.05 Å². The van der Waals surface area contributed by atoms with Gasteiger partial charge in [-0.2, -0.15) is 0 Å². The van der Waals surface area contributed by atoms with E-state index in [-0.39, 0.29) is 6.04 Å². The molecular formula is C58H55NO. The fourth-order valence-electron chi connectivity index (χ4n) is 7.20. The van der Waals surface area contributed by atoms with Crippen LogP contribution in [0.2, 0.25) is 0 Å². The summed E-state index contributed by atoms with van der Waals surface area (Å²) in [5.41, 5.74) is 11.7. The number of rotatable bonds is 6. The number of para-hydroxylation sites is 1. The van der Waals surface area contributed by atoms with Crippen molar-refractivity contribution in [2.45, 2.75) is 32.7 Å². The zero-order valence-corrected chi connectivity index (χ0v) is 35.1. The molecule has 1 aliphatic heterocycles. The van der Waals surface area contributed by atoms with Crippen molar-refractivity contribution in [3.8, 4) is 28.0 Å². The van der Waals surface area contributed by atoms with E-state index in [0.717, 1.165) is 46.4 Å². The Hall–Kier alpha value is -7.00. The first-order chi connectivity index (χ1) is 29.4. The van der Waals surface area contributed by atoms with E-state index in [1.807, 2.05) is 92.9 Å². The summed E-state index contributed by atoms with van der Waals surface area (Å²) in [7, 11) is 1.95. The van der Waals surface area contributed by atoms with Crippen molar-refractivity contribution in [2.24, 2.45) is 0 Å². The molecule has 298 valence electrons. The van der Waals surface area contributed by atoms with Crippen LogP contribution < -0.4 is 10.1 Å². The van der Waals surface area contributed by atoms with Crippen LogP contribution in [0.15, 0.2) is 249 Å². The van der Waals surface area contributed by atoms with Crippen LogP contribution in [-0.4, -0.2) is 7.05 Å². The minimum Gasteiger partial charge on any atom is -0.457 e. The molecule has 0 amide bonds. The minimum absolute atomic E-state index is 0.183. The first-order valence-corrected chi connectivity index (χ1v) is 20.7. The average molecular weight is 782 g/mol. The summed E-state index contributed by atoms with van der Waals surface area (Å²) in [6.07, 6.45) is 39.2. The standard InChI is InChI=1S/C43H36O.C15H19N/c1-32-17-9-5-3-4-6-11-19-34(26-25-32)37-27-28-39-40-23-15-16-24-43(40)44-33(2)18-10-7-8-12-22-38-29-35-20-13-14-21-36(35)30-41(38)42(39)31-37;1-4-5-7-10-13(2)15(16-3)14-11-8-6-9-12-14/h3-11,13-21,23-31H,2,12,22H2,1H3;4-12,15-16H,2H2,1,3H3/b4-3?,5-3+,6-4+,8-7-,9-5?,11-6?,17-9-,18-10-,19-11-,26-25?,32-17?,32-25-,34-19?,34-26+;5-4-,10-7-. The number of benzene rings is 5. The van der Waals surface area contributed by atoms with Gasteiger partial charge >= 0.3 is 0 Å². The molecule has 1 atom stereocenters. The van der Waals surface area contributed by atoms with Gasteiger partial charge in [0.2, 0.25) is 0 Å². The number of allylic oxidation sites excluding steroid dienone is 19. The molecule has 1 N–H and O–H groups in total. The largest absolute Gasteiger partial charge is 0.457 e. The normalized spacial score (nSPS) is 19.6. The van der Waals surface area contributed by atoms with Gasteiger partial charge in [0, 0.05) is 5.56 Å². The van der Waals surface area contributed by atoms with Gasteiger partial charge in [-0.1, -0.05) is 213 Å². The van der Waals surface area contributed by atoms with Gasteiger partial charge in [-0.05, 0) is 113 Å². The molecule has 2 aliphatic rings. The van der Waals surface area contributed by atoms with Crippen LogP contribution in [0.5, 0.6) is 5.75 Å². The van der Waals surface area contributed by atoms with E-state index in [4.69, 9.17) is 4.74 Å². The van der Waals surface area contributed by atoms with Crippen molar-refractivity contribution < 1.29 is 4.74 Å². The van der Waals surface area contributed by atoms with Crippen LogP contribution in [0.1, 0.15) is 43.0 Å². The molecule has 60 heavy (non-hydrogen) atoms. The van der Waals surface area contributed by atoms with E-state index in [1.165, 1.54) is 38.6 Å². The Balaban J connectivity index is 0.000000318. The van der Waals surface area contributed by atoms with Crippen LogP contribution in [0.3, 0.4) is 0 Å². The monoisotopic (exact) mass is 781 g/mol. The predicted molar refractivity (Wildman–Crippen MR) is 261 cm³/mol. The van der Waals surface area contributed by atoms with E-state index in [9.17, 15) is 0 Å². The van der Waals surface area contributed by atoms with E-state index in [1.54, 1.807) is 0 Å². The second-order valence-electron chi connectivity index (χ2n) is 14.6. The Morgan fingerprint density at radius 3 is 2.15 bits per heavy atom. The quantitative estimate of drug-likeness (QED) is 0.173. The summed E-state index contributed by atoms with van der Waals surface area (Å²) in [4.78, 5) is 0. The summed E-state index contributed by atoms with van der Waals surface area (Å²) in [6.45, 7) is 12.4. The van der Waals surface area contributed by atoms with Crippen molar-refractivity contribution >= 4 is 16.3 Å². The first kappa shape index (κ1) is 42.6. The molecule has 5 aromatic rings. The lowest BCUT2D eigenvalue weighted by Crippen LogP contribution is -2.17. The third-order valence-corrected chi connectivity index (χ3v) is 10.3. The maximum absolute atomic E-state index is 6.33. The molecule has 1 unspecified atom stereocenters. The Morgan fingerprint density at radius 2 is 1.37 bits per heavy atom. The molecule has 2 heteroatoms. The molecule has 0 aromatic heterocycles. The lowest BCUT2D eigenvalue weighted by atomic mass is 9.86. The van der Waals surface area contributed by atoms with Gasteiger partial charge < -0.3 is 10.1 Å². The van der Waals surface area contributed by atoms with Crippen LogP contribution in [0, 0.1) is 0 Å². The molecular weight excluding hydrogens is 727 g/mol. The topological polar surface area (TPSA) is 21.3 Å². The average Bonchev–Trinajstić information content (AvgIpc) is 3.26. The highest BCUT2D eigenvalue weighted by molar-refractivity contribution is 5.95. The zero-order valence-electron chi connectivity index (χ0n) is 35.1. The fraction of sp³-hybridized carbons (Fsp3) is 0.103. The van der Waals surface area contributed by atoms with Crippen LogP contribution in [0.4, 0.5) is 0 Å². The summed E-state index contributed by atoms with van der Waals surface area (Å²) in [5, 5.41) is 5.76. The van der Waals surface area contributed by atoms with Crippen molar-refractivity contribution in [1.29, 1.82) is 0 Å². The van der Waals surface area contributed by atoms with Crippen LogP contribution >= 0.6 is 0 Å². The van der Waals surface area contributed by atoms with Crippen LogP contribution in [-0.2, 0) is 6.42 Å². The second kappa shape index (κ2) is 22.2. The van der Waals surface area contributed by atoms with Gasteiger partial charge in [0.15, 0.2) is 0 Å². The molecule has 0 bridgehead atoms. The lowest BCUT2D eigenvalue weighted by molar-refractivity contribution is 0.448. The highest BCUT2D eigenvalue weighted by Crippen LogP contribution is 2.42. The number of ether oxygens (including phenoxy) is 1. The van der Waals surface area contributed by atoms with Crippen molar-refractivity contribution in [1.82, 2.24) is 5.32 Å². The number of hydrogen-bond acceptors (Lipinski definition) is 2. The molecule has 5 aromatic carbocycles. The van der Waals surface area contributed by atoms with Gasteiger partial charge in [-0.15, -0.1) is 0 Å². The summed E-state index contributed by atoms with van der Waals surface area (Å²) >= 11 is 0. The molecule has 7 rings (SSSR count). The summed E-state index contributed by atoms with van der Waals surface area (Å²) in [6, 6.07) is 39.0. The number of likely N-dealkylation sites (N-methyl/N-ethyl adjacent to an activating group) is 1. The van der Waals surface area contributed by atoms with Crippen molar-refractivity contribution in [3.63, 3.8) is 0 Å². The second-order valence-corrected chi connectivity index (χ2v) is 14.6. The fourth-order valence-corrected chi connectivity index (χ4v) is 7.20. The van der Waals surface area contributed by atoms with Crippen LogP contribution in [0.25, 0.3) is 38.6 Å². The predicted octanol–water partition coefficient (Wildman–Crippen LogP) is 15.3. The van der Waals surface area contributed by atoms with Gasteiger partial charge in [0.25, 0.3) is 0 Å². The Morgan fingerprint density at radius 1 is 0.667 bits per heavy atom. The maximum Gasteiger partial charge on any atom is 0.135 e. The Kier molecular flexibility index (Phi) is 15.8. The molecule has 1 heterocycles. The smallest absolute Gasteiger partial charge is 0.135 e. The lowest BCUT2D eigenvalue weighted by Gasteiger charge is -2.19. The molecule has 2 nitrogen and oxygen atoms in total. The summed E-state index contributed by atoms with van der Waals surface area (Å²) in [5.74, 6) is 1.39. The molecule has 0 spiro atoms. The van der Waals surface area contributed by atoms with Crippen molar-refractivity contribution in [3.05, 3.63) is 265 Å².